The number of rotatable bonds is 5. The van der Waals surface area contributed by atoms with Crippen LogP contribution in [0.1, 0.15) is 0 Å². The Morgan fingerprint density at radius 1 is 0.408 bits per heavy atom. The summed E-state index contributed by atoms with van der Waals surface area (Å²) in [4.78, 5) is 34.9. The molecule has 0 radical (unpaired) electrons. The molecule has 2 aliphatic heterocycles. The summed E-state index contributed by atoms with van der Waals surface area (Å²) in [6.45, 7) is 0. The first-order valence-corrected chi connectivity index (χ1v) is 17.9. The van der Waals surface area contributed by atoms with Gasteiger partial charge in [0.15, 0.2) is 0 Å². The van der Waals surface area contributed by atoms with E-state index in [1.165, 1.54) is 12.1 Å². The van der Waals surface area contributed by atoms with E-state index in [9.17, 15) is 18.1 Å². The van der Waals surface area contributed by atoms with E-state index in [0.717, 1.165) is 16.8 Å². The molecule has 0 unspecified atom stereocenters. The van der Waals surface area contributed by atoms with Crippen molar-refractivity contribution in [1.29, 1.82) is 0 Å². The molecule has 8 bridgehead atoms. The van der Waals surface area contributed by atoms with Gasteiger partial charge in [-0.25, -0.2) is 0 Å². The topological polar surface area (TPSA) is 146 Å². The fraction of sp³-hybridized carbons (Fsp3) is 0. The average molecular weight is 701 g/mol. The predicted octanol–water partition coefficient (Wildman–Crippen LogP) is 7.45. The Morgan fingerprint density at radius 2 is 0.776 bits per heavy atom. The second-order valence-electron chi connectivity index (χ2n) is 11.2. The van der Waals surface area contributed by atoms with Gasteiger partial charge in [-0.1, -0.05) is 6.07 Å². The summed E-state index contributed by atoms with van der Waals surface area (Å²) in [6, 6.07) is 25.5. The number of benzene rings is 4. The standard InChI is InChI=1S/C32H17N8.4FO.Ti/c1-2-10-18-17(9-1)25-33-26(18)38-28-21-13-5-6-14-22(21)30(35-28)40-32-24-16-8-7-15-23(24)31(36-32)39-29-20-12-4-3-11-19(20)27(34-29)37-25;4*1-2;/h1-15H,(H2,33,34,35,36,37,38,39,40);;;;;/q;4*-1;+4. The molecular formula is C32H17F4N8O4Ti. The Hall–Kier alpha value is -5.49. The van der Waals surface area contributed by atoms with Crippen molar-refractivity contribution in [3.63, 3.8) is 0 Å². The van der Waals surface area contributed by atoms with Gasteiger partial charge in [0, 0.05) is 0 Å². The Labute approximate surface area is 272 Å². The number of halogens is 4. The van der Waals surface area contributed by atoms with Crippen molar-refractivity contribution < 1.29 is 49.1 Å². The molecule has 0 spiro atoms. The zero-order chi connectivity index (χ0) is 33.4. The number of nitrogens with one attached hydrogen (secondary N) is 2. The number of fused-ring (bicyclic) bond motifs is 20. The first-order valence-electron chi connectivity index (χ1n) is 14.6. The van der Waals surface area contributed by atoms with E-state index in [2.05, 4.69) is 29.0 Å². The van der Waals surface area contributed by atoms with Gasteiger partial charge < -0.3 is 0 Å². The Morgan fingerprint density at radius 3 is 1.22 bits per heavy atom. The molecule has 0 atom stereocenters. The first kappa shape index (κ1) is 29.6. The van der Waals surface area contributed by atoms with Crippen LogP contribution in [0.2, 0.25) is 0 Å². The van der Waals surface area contributed by atoms with Crippen LogP contribution < -0.4 is 3.87 Å². The van der Waals surface area contributed by atoms with Gasteiger partial charge in [-0.15, -0.1) is 0 Å². The summed E-state index contributed by atoms with van der Waals surface area (Å²) in [5.41, 5.74) is 3.22. The zero-order valence-electron chi connectivity index (χ0n) is 24.5. The third-order valence-electron chi connectivity index (χ3n) is 8.55. The van der Waals surface area contributed by atoms with Gasteiger partial charge in [-0.3, -0.25) is 0 Å². The van der Waals surface area contributed by atoms with Crippen molar-refractivity contribution in [3.8, 4) is 45.6 Å². The maximum absolute atomic E-state index is 14.2. The van der Waals surface area contributed by atoms with E-state index in [-0.39, 0.29) is 39.5 Å². The van der Waals surface area contributed by atoms with Gasteiger partial charge >= 0.3 is 267 Å². The summed E-state index contributed by atoms with van der Waals surface area (Å²) in [5.74, 6) is 0.920. The summed E-state index contributed by atoms with van der Waals surface area (Å²) < 4.78 is 69.7. The minimum absolute atomic E-state index is 0.0356. The van der Waals surface area contributed by atoms with Crippen molar-refractivity contribution in [2.45, 2.75) is 0 Å². The van der Waals surface area contributed by atoms with Crippen molar-refractivity contribution in [1.82, 2.24) is 39.9 Å². The van der Waals surface area contributed by atoms with Crippen LogP contribution in [0.3, 0.4) is 0 Å². The minimum atomic E-state index is -7.92. The number of aromatic amines is 2. The molecule has 0 aliphatic carbocycles. The number of hydrogen-bond acceptors (Lipinski definition) is 10. The zero-order valence-corrected chi connectivity index (χ0v) is 26.0. The van der Waals surface area contributed by atoms with E-state index in [0.29, 0.717) is 39.4 Å². The van der Waals surface area contributed by atoms with Crippen LogP contribution in [-0.4, -0.2) is 39.9 Å². The molecule has 4 aromatic carbocycles. The number of nitrogens with zero attached hydrogens (tertiary/aromatic N) is 6. The van der Waals surface area contributed by atoms with Crippen LogP contribution in [0, 0.1) is 0 Å². The fourth-order valence-electron chi connectivity index (χ4n) is 6.27. The van der Waals surface area contributed by atoms with E-state index in [4.69, 9.17) is 24.9 Å². The Balaban J connectivity index is 1.51. The number of hydrogen-bond donors (Lipinski definition) is 2. The molecule has 0 saturated carbocycles. The quantitative estimate of drug-likeness (QED) is 0.137. The normalized spacial score (nSPS) is 13.3. The molecule has 49 heavy (non-hydrogen) atoms. The Bertz CT molecular complexity index is 2660. The summed E-state index contributed by atoms with van der Waals surface area (Å²) in [6.07, 6.45) is 0. The van der Waals surface area contributed by atoms with Crippen LogP contribution in [0.5, 0.6) is 0 Å². The maximum atomic E-state index is 14.2. The van der Waals surface area contributed by atoms with Crippen molar-refractivity contribution in [2.24, 2.45) is 0 Å². The molecule has 3 aromatic heterocycles. The van der Waals surface area contributed by atoms with E-state index in [1.807, 2.05) is 36.4 Å². The van der Waals surface area contributed by atoms with E-state index < -0.39 is 20.7 Å². The van der Waals surface area contributed by atoms with Gasteiger partial charge in [-0.2, -0.15) is 0 Å². The van der Waals surface area contributed by atoms with Crippen LogP contribution in [0.4, 0.5) is 18.1 Å². The molecule has 9 rings (SSSR count). The molecule has 2 aliphatic rings. The summed E-state index contributed by atoms with van der Waals surface area (Å²) in [5, 5.41) is 1.34. The summed E-state index contributed by atoms with van der Waals surface area (Å²) in [7, 11) is 0. The molecule has 241 valence electrons. The first-order chi connectivity index (χ1) is 24.0. The van der Waals surface area contributed by atoms with Gasteiger partial charge in [0.2, 0.25) is 0 Å². The molecule has 0 amide bonds. The second-order valence-corrected chi connectivity index (χ2v) is 15.8. The summed E-state index contributed by atoms with van der Waals surface area (Å²) >= 11 is -7.92. The Kier molecular flexibility index (Phi) is 6.51. The molecule has 0 saturated heterocycles. The average Bonchev–Trinajstić information content (AvgIpc) is 3.89. The second kappa shape index (κ2) is 10.8. The van der Waals surface area contributed by atoms with E-state index >= 15 is 0 Å². The molecule has 0 fully saturated rings. The fourth-order valence-corrected chi connectivity index (χ4v) is 8.62. The molecule has 2 N–H and O–H groups in total. The predicted molar refractivity (Wildman–Crippen MR) is 164 cm³/mol. The third kappa shape index (κ3) is 4.16. The molecular weight excluding hydrogens is 684 g/mol. The molecule has 17 heteroatoms. The van der Waals surface area contributed by atoms with Crippen LogP contribution >= 0.6 is 0 Å². The van der Waals surface area contributed by atoms with E-state index in [1.54, 1.807) is 36.4 Å². The third-order valence-corrected chi connectivity index (χ3v) is 12.2. The molecule has 12 nitrogen and oxygen atoms in total. The number of H-pyrrole nitrogens is 2. The van der Waals surface area contributed by atoms with Crippen molar-refractivity contribution in [2.75, 3.05) is 0 Å². The van der Waals surface area contributed by atoms with Crippen molar-refractivity contribution in [3.05, 3.63) is 91.0 Å². The molecule has 7 aromatic rings. The monoisotopic (exact) mass is 701 g/mol. The van der Waals surface area contributed by atoms with Gasteiger partial charge in [0.05, 0.1) is 0 Å². The van der Waals surface area contributed by atoms with Crippen LogP contribution in [0.15, 0.2) is 91.0 Å². The van der Waals surface area contributed by atoms with Crippen LogP contribution in [-0.2, 0) is 31.0 Å². The van der Waals surface area contributed by atoms with Crippen LogP contribution in [0.25, 0.3) is 89.7 Å². The number of aromatic nitrogens is 8. The van der Waals surface area contributed by atoms with Crippen molar-refractivity contribution >= 4 is 48.0 Å². The SMILES string of the molecule is F[O][Ti]([O]F)([O]F)([O]F)[c]1cccc2c3nc4nc(nc5[nH]c(nc6nc(nc([nH]3)c12)-c1ccccc1-6)c1ccccc51)-c1ccccc1-4. The van der Waals surface area contributed by atoms with Gasteiger partial charge in [-0.05, 0) is 0 Å². The van der Waals surface area contributed by atoms with Gasteiger partial charge in [0.1, 0.15) is 0 Å². The molecule has 5 heterocycles. The van der Waals surface area contributed by atoms with Gasteiger partial charge in [0.25, 0.3) is 0 Å².